The Balaban J connectivity index is 1.60. The van der Waals surface area contributed by atoms with Gasteiger partial charge >= 0.3 is 0 Å². The third-order valence-corrected chi connectivity index (χ3v) is 7.01. The summed E-state index contributed by atoms with van der Waals surface area (Å²) < 4.78 is 0. The van der Waals surface area contributed by atoms with Crippen LogP contribution in [0, 0.1) is 0 Å². The number of hydrogen-bond acceptors (Lipinski definition) is 2. The van der Waals surface area contributed by atoms with Crippen LogP contribution in [-0.2, 0) is 0 Å². The van der Waals surface area contributed by atoms with E-state index in [1.165, 1.54) is 0 Å². The van der Waals surface area contributed by atoms with Crippen LogP contribution >= 0.6 is 23.2 Å². The SMILES string of the molecule is Clc1ccc(C=Nc2ccc3ccccc3c2-c2c(N=Cc3ccc(Cl)cc3)ccc3ccccc23)cc1. The second-order valence-electron chi connectivity index (χ2n) is 8.98. The maximum Gasteiger partial charge on any atom is 0.0715 e. The molecule has 0 atom stereocenters. The van der Waals surface area contributed by atoms with Crippen molar-refractivity contribution in [1.29, 1.82) is 0 Å². The number of nitrogens with zero attached hydrogens (tertiary/aromatic N) is 2. The highest BCUT2D eigenvalue weighted by Gasteiger charge is 2.16. The number of aliphatic imine (C=N–C) groups is 2. The lowest BCUT2D eigenvalue weighted by molar-refractivity contribution is 1.51. The van der Waals surface area contributed by atoms with Gasteiger partial charge in [-0.3, -0.25) is 9.98 Å². The van der Waals surface area contributed by atoms with Crippen LogP contribution in [0.1, 0.15) is 11.1 Å². The van der Waals surface area contributed by atoms with Crippen molar-refractivity contribution in [1.82, 2.24) is 0 Å². The first-order valence-corrected chi connectivity index (χ1v) is 13.0. The first-order valence-electron chi connectivity index (χ1n) is 12.3. The van der Waals surface area contributed by atoms with E-state index in [0.29, 0.717) is 10.0 Å². The van der Waals surface area contributed by atoms with Crippen molar-refractivity contribution in [2.24, 2.45) is 9.98 Å². The topological polar surface area (TPSA) is 24.7 Å². The van der Waals surface area contributed by atoms with Crippen LogP contribution in [0.5, 0.6) is 0 Å². The first-order chi connectivity index (χ1) is 18.7. The van der Waals surface area contributed by atoms with Gasteiger partial charge in [0.25, 0.3) is 0 Å². The van der Waals surface area contributed by atoms with Gasteiger partial charge in [0.05, 0.1) is 11.4 Å². The fraction of sp³-hybridized carbons (Fsp3) is 0. The molecule has 4 heteroatoms. The van der Waals surface area contributed by atoms with E-state index in [-0.39, 0.29) is 0 Å². The highest BCUT2D eigenvalue weighted by atomic mass is 35.5. The van der Waals surface area contributed by atoms with Crippen molar-refractivity contribution in [2.75, 3.05) is 0 Å². The minimum Gasteiger partial charge on any atom is -0.256 e. The van der Waals surface area contributed by atoms with E-state index < -0.39 is 0 Å². The molecule has 6 aromatic carbocycles. The van der Waals surface area contributed by atoms with Gasteiger partial charge < -0.3 is 0 Å². The van der Waals surface area contributed by atoms with E-state index in [1.54, 1.807) is 0 Å². The predicted molar refractivity (Wildman–Crippen MR) is 164 cm³/mol. The number of fused-ring (bicyclic) bond motifs is 2. The van der Waals surface area contributed by atoms with Crippen LogP contribution in [0.3, 0.4) is 0 Å². The van der Waals surface area contributed by atoms with Crippen LogP contribution in [-0.4, -0.2) is 12.4 Å². The molecule has 0 fully saturated rings. The minimum absolute atomic E-state index is 0.701. The molecule has 0 unspecified atom stereocenters. The van der Waals surface area contributed by atoms with Crippen molar-refractivity contribution >= 4 is 68.6 Å². The molecule has 0 bridgehead atoms. The van der Waals surface area contributed by atoms with E-state index in [4.69, 9.17) is 33.2 Å². The van der Waals surface area contributed by atoms with Crippen LogP contribution in [0.4, 0.5) is 11.4 Å². The highest BCUT2D eigenvalue weighted by molar-refractivity contribution is 6.31. The van der Waals surface area contributed by atoms with E-state index in [9.17, 15) is 0 Å². The van der Waals surface area contributed by atoms with Crippen molar-refractivity contribution in [3.8, 4) is 11.1 Å². The summed E-state index contributed by atoms with van der Waals surface area (Å²) >= 11 is 12.2. The zero-order chi connectivity index (χ0) is 25.9. The first kappa shape index (κ1) is 24.1. The second-order valence-corrected chi connectivity index (χ2v) is 9.85. The minimum atomic E-state index is 0.701. The lowest BCUT2D eigenvalue weighted by atomic mass is 9.91. The van der Waals surface area contributed by atoms with Crippen LogP contribution < -0.4 is 0 Å². The van der Waals surface area contributed by atoms with Crippen LogP contribution in [0.2, 0.25) is 10.0 Å². The Morgan fingerprint density at radius 2 is 0.816 bits per heavy atom. The molecule has 182 valence electrons. The Morgan fingerprint density at radius 1 is 0.421 bits per heavy atom. The molecule has 0 radical (unpaired) electrons. The monoisotopic (exact) mass is 528 g/mol. The largest absolute Gasteiger partial charge is 0.256 e. The zero-order valence-corrected chi connectivity index (χ0v) is 21.9. The number of halogens is 2. The van der Waals surface area contributed by atoms with E-state index in [0.717, 1.165) is 55.2 Å². The Morgan fingerprint density at radius 3 is 1.24 bits per heavy atom. The molecule has 0 amide bonds. The predicted octanol–water partition coefficient (Wildman–Crippen LogP) is 10.5. The Labute approximate surface area is 231 Å². The lowest BCUT2D eigenvalue weighted by Crippen LogP contribution is -1.89. The Hall–Kier alpha value is -4.24. The Kier molecular flexibility index (Phi) is 6.75. The lowest BCUT2D eigenvalue weighted by Gasteiger charge is -2.16. The molecule has 0 saturated carbocycles. The van der Waals surface area contributed by atoms with E-state index in [1.807, 2.05) is 61.0 Å². The van der Waals surface area contributed by atoms with E-state index in [2.05, 4.69) is 72.8 Å². The summed E-state index contributed by atoms with van der Waals surface area (Å²) in [5, 5.41) is 5.94. The van der Waals surface area contributed by atoms with Gasteiger partial charge in [-0.25, -0.2) is 0 Å². The molecular formula is C34H22Cl2N2. The van der Waals surface area contributed by atoms with E-state index >= 15 is 0 Å². The quantitative estimate of drug-likeness (QED) is 0.199. The molecule has 2 nitrogen and oxygen atoms in total. The van der Waals surface area contributed by atoms with Gasteiger partial charge in [0, 0.05) is 33.6 Å². The molecule has 0 heterocycles. The van der Waals surface area contributed by atoms with Crippen molar-refractivity contribution in [3.63, 3.8) is 0 Å². The number of benzene rings is 6. The zero-order valence-electron chi connectivity index (χ0n) is 20.4. The van der Waals surface area contributed by atoms with Crippen LogP contribution in [0.15, 0.2) is 131 Å². The summed E-state index contributed by atoms with van der Waals surface area (Å²) in [7, 11) is 0. The molecule has 0 aliphatic carbocycles. The highest BCUT2D eigenvalue weighted by Crippen LogP contribution is 2.45. The van der Waals surface area contributed by atoms with Gasteiger partial charge in [0.2, 0.25) is 0 Å². The van der Waals surface area contributed by atoms with Gasteiger partial charge in [0.1, 0.15) is 0 Å². The molecule has 0 saturated heterocycles. The third-order valence-electron chi connectivity index (χ3n) is 6.51. The molecule has 6 rings (SSSR count). The molecule has 0 N–H and O–H groups in total. The normalized spacial score (nSPS) is 11.7. The third kappa shape index (κ3) is 4.97. The van der Waals surface area contributed by atoms with Crippen molar-refractivity contribution < 1.29 is 0 Å². The average Bonchev–Trinajstić information content (AvgIpc) is 2.96. The molecule has 0 aromatic heterocycles. The summed E-state index contributed by atoms with van der Waals surface area (Å²) in [6, 6.07) is 40.6. The van der Waals surface area contributed by atoms with Gasteiger partial charge in [-0.15, -0.1) is 0 Å². The standard InChI is InChI=1S/C34H22Cl2N2/c35-27-15-9-23(10-16-27)21-37-31-19-13-25-5-1-3-7-29(25)33(31)34-30-8-4-2-6-26(30)14-20-32(34)38-22-24-11-17-28(36)18-12-24/h1-22H. The molecule has 6 aromatic rings. The van der Waals surface area contributed by atoms with Gasteiger partial charge in [-0.2, -0.15) is 0 Å². The van der Waals surface area contributed by atoms with Gasteiger partial charge in [-0.1, -0.05) is 108 Å². The van der Waals surface area contributed by atoms with Crippen molar-refractivity contribution in [3.05, 3.63) is 142 Å². The molecule has 0 spiro atoms. The fourth-order valence-corrected chi connectivity index (χ4v) is 4.90. The van der Waals surface area contributed by atoms with Gasteiger partial charge in [-0.05, 0) is 69.1 Å². The second kappa shape index (κ2) is 10.6. The number of hydrogen-bond donors (Lipinski definition) is 0. The molecule has 38 heavy (non-hydrogen) atoms. The van der Waals surface area contributed by atoms with Crippen molar-refractivity contribution in [2.45, 2.75) is 0 Å². The average molecular weight is 529 g/mol. The summed E-state index contributed by atoms with van der Waals surface area (Å²) in [5.74, 6) is 0. The maximum atomic E-state index is 6.09. The molecule has 0 aliphatic rings. The van der Waals surface area contributed by atoms with Gasteiger partial charge in [0.15, 0.2) is 0 Å². The molecule has 0 aliphatic heterocycles. The summed E-state index contributed by atoms with van der Waals surface area (Å²) in [4.78, 5) is 9.95. The smallest absolute Gasteiger partial charge is 0.0715 e. The Bertz CT molecular complexity index is 1680. The van der Waals surface area contributed by atoms with Crippen LogP contribution in [0.25, 0.3) is 32.7 Å². The summed E-state index contributed by atoms with van der Waals surface area (Å²) in [5.41, 5.74) is 5.80. The summed E-state index contributed by atoms with van der Waals surface area (Å²) in [6.45, 7) is 0. The fourth-order valence-electron chi connectivity index (χ4n) is 4.65. The summed E-state index contributed by atoms with van der Waals surface area (Å²) in [6.07, 6.45) is 3.76. The molecular weight excluding hydrogens is 507 g/mol. The number of rotatable bonds is 5. The maximum absolute atomic E-state index is 6.09.